The Balaban J connectivity index is 1.49. The first kappa shape index (κ1) is 9.64. The van der Waals surface area contributed by atoms with Gasteiger partial charge in [0.25, 0.3) is 0 Å². The van der Waals surface area contributed by atoms with Gasteiger partial charge in [-0.3, -0.25) is 4.79 Å². The number of likely N-dealkylation sites (tertiary alicyclic amines) is 1. The van der Waals surface area contributed by atoms with Gasteiger partial charge in [-0.15, -0.1) is 0 Å². The zero-order valence-corrected chi connectivity index (χ0v) is 9.30. The van der Waals surface area contributed by atoms with Crippen molar-refractivity contribution in [3.8, 4) is 0 Å². The van der Waals surface area contributed by atoms with Crippen LogP contribution >= 0.6 is 0 Å². The van der Waals surface area contributed by atoms with Crippen molar-refractivity contribution in [1.82, 2.24) is 10.2 Å². The highest BCUT2D eigenvalue weighted by molar-refractivity contribution is 5.77. The van der Waals surface area contributed by atoms with E-state index in [9.17, 15) is 4.79 Å². The van der Waals surface area contributed by atoms with Crippen LogP contribution in [0, 0.1) is 11.3 Å². The number of hydrogen-bond acceptors (Lipinski definition) is 2. The number of nitrogens with one attached hydrogen (secondary N) is 1. The number of carbonyl (C=O) groups is 1. The quantitative estimate of drug-likeness (QED) is 0.734. The van der Waals surface area contributed by atoms with Gasteiger partial charge >= 0.3 is 0 Å². The van der Waals surface area contributed by atoms with Crippen LogP contribution < -0.4 is 5.32 Å². The predicted octanol–water partition coefficient (Wildman–Crippen LogP) is 0.998. The van der Waals surface area contributed by atoms with Crippen LogP contribution in [0.15, 0.2) is 0 Å². The van der Waals surface area contributed by atoms with E-state index in [2.05, 4.69) is 10.2 Å². The Morgan fingerprint density at radius 2 is 2.20 bits per heavy atom. The SMILES string of the molecule is O=C(CC1CC1)N1CC2(CCCNC2)C1. The summed E-state index contributed by atoms with van der Waals surface area (Å²) in [5.41, 5.74) is 0.456. The lowest BCUT2D eigenvalue weighted by molar-refractivity contribution is -0.144. The normalized spacial score (nSPS) is 28.9. The number of hydrogen-bond donors (Lipinski definition) is 1. The Morgan fingerprint density at radius 3 is 2.80 bits per heavy atom. The van der Waals surface area contributed by atoms with Gasteiger partial charge in [-0.25, -0.2) is 0 Å². The number of piperidine rings is 1. The molecule has 3 fully saturated rings. The zero-order chi connectivity index (χ0) is 10.3. The third-order valence-corrected chi connectivity index (χ3v) is 4.13. The van der Waals surface area contributed by atoms with Gasteiger partial charge in [0.2, 0.25) is 5.91 Å². The minimum atomic E-state index is 0.411. The second-order valence-corrected chi connectivity index (χ2v) is 5.68. The summed E-state index contributed by atoms with van der Waals surface area (Å²) < 4.78 is 0. The van der Waals surface area contributed by atoms with Gasteiger partial charge in [-0.05, 0) is 38.1 Å². The van der Waals surface area contributed by atoms with Gasteiger partial charge < -0.3 is 10.2 Å². The first-order chi connectivity index (χ1) is 7.27. The molecule has 3 heteroatoms. The molecule has 1 spiro atoms. The number of carbonyl (C=O) groups excluding carboxylic acids is 1. The summed E-state index contributed by atoms with van der Waals surface area (Å²) >= 11 is 0. The number of rotatable bonds is 2. The Bertz CT molecular complexity index is 259. The van der Waals surface area contributed by atoms with Crippen LogP contribution in [-0.2, 0) is 4.79 Å². The first-order valence-electron chi connectivity index (χ1n) is 6.26. The summed E-state index contributed by atoms with van der Waals surface area (Å²) in [6.07, 6.45) is 5.99. The number of nitrogens with zero attached hydrogens (tertiary/aromatic N) is 1. The van der Waals surface area contributed by atoms with Crippen molar-refractivity contribution in [3.05, 3.63) is 0 Å². The molecule has 84 valence electrons. The minimum absolute atomic E-state index is 0.411. The van der Waals surface area contributed by atoms with Gasteiger partial charge in [0.05, 0.1) is 0 Å². The standard InChI is InChI=1S/C12H20N2O/c15-11(6-10-2-3-10)14-8-12(9-14)4-1-5-13-7-12/h10,13H,1-9H2. The lowest BCUT2D eigenvalue weighted by Gasteiger charge is -2.52. The molecule has 15 heavy (non-hydrogen) atoms. The van der Waals surface area contributed by atoms with Crippen molar-refractivity contribution in [2.75, 3.05) is 26.2 Å². The smallest absolute Gasteiger partial charge is 0.222 e. The van der Waals surface area contributed by atoms with Crippen LogP contribution in [-0.4, -0.2) is 37.0 Å². The van der Waals surface area contributed by atoms with E-state index in [0.717, 1.165) is 38.5 Å². The van der Waals surface area contributed by atoms with E-state index in [4.69, 9.17) is 0 Å². The summed E-state index contributed by atoms with van der Waals surface area (Å²) in [6, 6.07) is 0. The van der Waals surface area contributed by atoms with Crippen molar-refractivity contribution < 1.29 is 4.79 Å². The highest BCUT2D eigenvalue weighted by atomic mass is 16.2. The Morgan fingerprint density at radius 1 is 1.40 bits per heavy atom. The topological polar surface area (TPSA) is 32.3 Å². The van der Waals surface area contributed by atoms with E-state index in [1.54, 1.807) is 0 Å². The van der Waals surface area contributed by atoms with Gasteiger partial charge in [-0.1, -0.05) is 0 Å². The summed E-state index contributed by atoms with van der Waals surface area (Å²) in [4.78, 5) is 13.9. The van der Waals surface area contributed by atoms with Crippen LogP contribution in [0.1, 0.15) is 32.1 Å². The van der Waals surface area contributed by atoms with Gasteiger partial charge in [0.15, 0.2) is 0 Å². The monoisotopic (exact) mass is 208 g/mol. The molecular formula is C12H20N2O. The average Bonchev–Trinajstić information content (AvgIpc) is 2.99. The third kappa shape index (κ3) is 1.89. The van der Waals surface area contributed by atoms with Crippen LogP contribution in [0.3, 0.4) is 0 Å². The molecule has 2 saturated heterocycles. The van der Waals surface area contributed by atoms with E-state index in [-0.39, 0.29) is 0 Å². The molecule has 0 aromatic rings. The Labute approximate surface area is 91.2 Å². The molecule has 2 heterocycles. The predicted molar refractivity (Wildman–Crippen MR) is 58.5 cm³/mol. The average molecular weight is 208 g/mol. The Hall–Kier alpha value is -0.570. The van der Waals surface area contributed by atoms with E-state index >= 15 is 0 Å². The second-order valence-electron chi connectivity index (χ2n) is 5.68. The fraction of sp³-hybridized carbons (Fsp3) is 0.917. The van der Waals surface area contributed by atoms with E-state index in [0.29, 0.717) is 11.3 Å². The van der Waals surface area contributed by atoms with Crippen molar-refractivity contribution in [2.24, 2.45) is 11.3 Å². The number of amides is 1. The largest absolute Gasteiger partial charge is 0.341 e. The third-order valence-electron chi connectivity index (χ3n) is 4.13. The minimum Gasteiger partial charge on any atom is -0.341 e. The molecule has 3 nitrogen and oxygen atoms in total. The Kier molecular flexibility index (Phi) is 2.23. The van der Waals surface area contributed by atoms with Crippen molar-refractivity contribution in [1.29, 1.82) is 0 Å². The van der Waals surface area contributed by atoms with Crippen molar-refractivity contribution in [2.45, 2.75) is 32.1 Å². The molecule has 3 rings (SSSR count). The maximum atomic E-state index is 11.8. The van der Waals surface area contributed by atoms with E-state index in [1.807, 2.05) is 0 Å². The highest BCUT2D eigenvalue weighted by Crippen LogP contribution is 2.39. The molecule has 2 aliphatic heterocycles. The van der Waals surface area contributed by atoms with Crippen LogP contribution in [0.4, 0.5) is 0 Å². The summed E-state index contributed by atoms with van der Waals surface area (Å²) in [5.74, 6) is 1.15. The van der Waals surface area contributed by atoms with E-state index < -0.39 is 0 Å². The van der Waals surface area contributed by atoms with Crippen LogP contribution in [0.25, 0.3) is 0 Å². The van der Waals surface area contributed by atoms with Gasteiger partial charge in [0.1, 0.15) is 0 Å². The summed E-state index contributed by atoms with van der Waals surface area (Å²) in [5, 5.41) is 3.45. The molecule has 0 radical (unpaired) electrons. The fourth-order valence-corrected chi connectivity index (χ4v) is 2.94. The molecule has 0 aromatic carbocycles. The van der Waals surface area contributed by atoms with Gasteiger partial charge in [-0.2, -0.15) is 0 Å². The molecule has 3 aliphatic rings. The first-order valence-corrected chi connectivity index (χ1v) is 6.26. The summed E-state index contributed by atoms with van der Waals surface area (Å²) in [6.45, 7) is 4.33. The zero-order valence-electron chi connectivity index (χ0n) is 9.30. The maximum absolute atomic E-state index is 11.8. The van der Waals surface area contributed by atoms with E-state index in [1.165, 1.54) is 25.7 Å². The molecule has 0 unspecified atom stereocenters. The molecule has 1 saturated carbocycles. The molecule has 0 aromatic heterocycles. The lowest BCUT2D eigenvalue weighted by atomic mass is 9.74. The molecule has 1 aliphatic carbocycles. The fourth-order valence-electron chi connectivity index (χ4n) is 2.94. The molecule has 1 N–H and O–H groups in total. The van der Waals surface area contributed by atoms with Crippen molar-refractivity contribution in [3.63, 3.8) is 0 Å². The van der Waals surface area contributed by atoms with Crippen molar-refractivity contribution >= 4 is 5.91 Å². The van der Waals surface area contributed by atoms with Gasteiger partial charge in [0, 0.05) is 31.5 Å². The van der Waals surface area contributed by atoms with Crippen LogP contribution in [0.5, 0.6) is 0 Å². The highest BCUT2D eigenvalue weighted by Gasteiger charge is 2.45. The molecular weight excluding hydrogens is 188 g/mol. The molecule has 1 amide bonds. The maximum Gasteiger partial charge on any atom is 0.222 e. The second kappa shape index (κ2) is 3.48. The summed E-state index contributed by atoms with van der Waals surface area (Å²) in [7, 11) is 0. The van der Waals surface area contributed by atoms with Crippen LogP contribution in [0.2, 0.25) is 0 Å². The molecule has 0 atom stereocenters. The lowest BCUT2D eigenvalue weighted by Crippen LogP contribution is -2.63. The molecule has 0 bridgehead atoms.